The van der Waals surface area contributed by atoms with Crippen LogP contribution in [0.25, 0.3) is 0 Å². The van der Waals surface area contributed by atoms with Crippen LogP contribution in [0.3, 0.4) is 0 Å². The van der Waals surface area contributed by atoms with Crippen LogP contribution in [0.1, 0.15) is 46.0 Å². The molecule has 3 heteroatoms. The summed E-state index contributed by atoms with van der Waals surface area (Å²) in [4.78, 5) is 4.47. The van der Waals surface area contributed by atoms with Gasteiger partial charge in [0.2, 0.25) is 0 Å². The van der Waals surface area contributed by atoms with Crippen molar-refractivity contribution in [2.75, 3.05) is 6.54 Å². The molecule has 0 aliphatic rings. The molecule has 0 spiro atoms. The van der Waals surface area contributed by atoms with Crippen LogP contribution >= 0.6 is 0 Å². The molecule has 0 radical (unpaired) electrons. The fourth-order valence-corrected chi connectivity index (χ4v) is 1.87. The van der Waals surface area contributed by atoms with Crippen LogP contribution in [0, 0.1) is 11.8 Å². The van der Waals surface area contributed by atoms with Gasteiger partial charge in [0.1, 0.15) is 5.82 Å². The Bertz CT molecular complexity index is 304. The van der Waals surface area contributed by atoms with Crippen molar-refractivity contribution >= 4 is 0 Å². The molecule has 0 bridgehead atoms. The van der Waals surface area contributed by atoms with E-state index in [1.165, 1.54) is 0 Å². The van der Waals surface area contributed by atoms with Crippen LogP contribution in [0.2, 0.25) is 0 Å². The first-order valence-electron chi connectivity index (χ1n) is 6.28. The molecule has 0 saturated carbocycles. The molecule has 0 saturated heterocycles. The van der Waals surface area contributed by atoms with Gasteiger partial charge in [-0.2, -0.15) is 0 Å². The summed E-state index contributed by atoms with van der Waals surface area (Å²) in [5.74, 6) is 2.40. The van der Waals surface area contributed by atoms with Crippen LogP contribution in [-0.4, -0.2) is 16.1 Å². The lowest BCUT2D eigenvalue weighted by atomic mass is 9.89. The van der Waals surface area contributed by atoms with Crippen molar-refractivity contribution in [2.24, 2.45) is 18.9 Å². The third kappa shape index (κ3) is 3.08. The smallest absolute Gasteiger partial charge is 0.125 e. The van der Waals surface area contributed by atoms with Crippen LogP contribution < -0.4 is 5.32 Å². The molecule has 0 aliphatic heterocycles. The topological polar surface area (TPSA) is 29.9 Å². The van der Waals surface area contributed by atoms with Crippen LogP contribution in [-0.2, 0) is 7.05 Å². The lowest BCUT2D eigenvalue weighted by molar-refractivity contribution is 0.289. The van der Waals surface area contributed by atoms with E-state index in [-0.39, 0.29) is 0 Å². The summed E-state index contributed by atoms with van der Waals surface area (Å²) in [6.45, 7) is 10.1. The average molecular weight is 223 g/mol. The first-order chi connectivity index (χ1) is 7.57. The quantitative estimate of drug-likeness (QED) is 0.803. The second kappa shape index (κ2) is 6.04. The molecular formula is C13H25N3. The highest BCUT2D eigenvalue weighted by Crippen LogP contribution is 2.26. The largest absolute Gasteiger partial charge is 0.337 e. The van der Waals surface area contributed by atoms with Gasteiger partial charge in [-0.3, -0.25) is 0 Å². The molecule has 1 rings (SSSR count). The summed E-state index contributed by atoms with van der Waals surface area (Å²) in [5, 5.41) is 3.61. The van der Waals surface area contributed by atoms with E-state index in [1.54, 1.807) is 0 Å². The van der Waals surface area contributed by atoms with Crippen LogP contribution in [0.15, 0.2) is 12.4 Å². The number of rotatable bonds is 6. The van der Waals surface area contributed by atoms with Gasteiger partial charge < -0.3 is 9.88 Å². The summed E-state index contributed by atoms with van der Waals surface area (Å²) in [6.07, 6.45) is 5.05. The molecule has 1 aromatic heterocycles. The molecule has 0 aliphatic carbocycles. The molecular weight excluding hydrogens is 198 g/mol. The maximum absolute atomic E-state index is 4.47. The van der Waals surface area contributed by atoms with Crippen LogP contribution in [0.5, 0.6) is 0 Å². The second-order valence-corrected chi connectivity index (χ2v) is 4.93. The molecule has 2 atom stereocenters. The molecule has 0 aromatic carbocycles. The van der Waals surface area contributed by atoms with Gasteiger partial charge in [-0.05, 0) is 24.8 Å². The van der Waals surface area contributed by atoms with Crippen LogP contribution in [0.4, 0.5) is 0 Å². The Morgan fingerprint density at radius 3 is 2.50 bits per heavy atom. The lowest BCUT2D eigenvalue weighted by Gasteiger charge is -2.27. The van der Waals surface area contributed by atoms with Crippen molar-refractivity contribution in [2.45, 2.75) is 40.2 Å². The zero-order chi connectivity index (χ0) is 12.1. The summed E-state index contributed by atoms with van der Waals surface area (Å²) < 4.78 is 2.12. The third-order valence-corrected chi connectivity index (χ3v) is 3.33. The molecule has 16 heavy (non-hydrogen) atoms. The highest BCUT2D eigenvalue weighted by atomic mass is 15.1. The van der Waals surface area contributed by atoms with Gasteiger partial charge in [-0.25, -0.2) is 4.98 Å². The zero-order valence-corrected chi connectivity index (χ0v) is 11.2. The zero-order valence-electron chi connectivity index (χ0n) is 11.2. The van der Waals surface area contributed by atoms with Crippen molar-refractivity contribution in [3.8, 4) is 0 Å². The van der Waals surface area contributed by atoms with Gasteiger partial charge in [0.05, 0.1) is 6.04 Å². The maximum Gasteiger partial charge on any atom is 0.125 e. The van der Waals surface area contributed by atoms with E-state index in [0.717, 1.165) is 18.8 Å². The van der Waals surface area contributed by atoms with Crippen molar-refractivity contribution < 1.29 is 0 Å². The molecule has 2 unspecified atom stereocenters. The number of hydrogen-bond acceptors (Lipinski definition) is 2. The van der Waals surface area contributed by atoms with Gasteiger partial charge in [-0.15, -0.1) is 0 Å². The molecule has 1 heterocycles. The van der Waals surface area contributed by atoms with E-state index in [1.807, 2.05) is 12.4 Å². The molecule has 1 N–H and O–H groups in total. The fourth-order valence-electron chi connectivity index (χ4n) is 1.87. The van der Waals surface area contributed by atoms with E-state index in [2.05, 4.69) is 49.6 Å². The Balaban J connectivity index is 2.83. The summed E-state index contributed by atoms with van der Waals surface area (Å²) in [7, 11) is 2.07. The summed E-state index contributed by atoms with van der Waals surface area (Å²) in [5.41, 5.74) is 0. The Morgan fingerprint density at radius 2 is 2.06 bits per heavy atom. The fraction of sp³-hybridized carbons (Fsp3) is 0.769. The highest BCUT2D eigenvalue weighted by molar-refractivity contribution is 5.01. The van der Waals surface area contributed by atoms with Gasteiger partial charge in [0.15, 0.2) is 0 Å². The predicted molar refractivity (Wildman–Crippen MR) is 68.2 cm³/mol. The molecule has 1 aromatic rings. The predicted octanol–water partition coefficient (Wildman–Crippen LogP) is 2.75. The van der Waals surface area contributed by atoms with Gasteiger partial charge in [0, 0.05) is 19.4 Å². The molecule has 0 amide bonds. The minimum Gasteiger partial charge on any atom is -0.337 e. The third-order valence-electron chi connectivity index (χ3n) is 3.33. The molecule has 92 valence electrons. The summed E-state index contributed by atoms with van der Waals surface area (Å²) in [6, 6.07) is 0.361. The molecule has 0 fully saturated rings. The Hall–Kier alpha value is -0.830. The lowest BCUT2D eigenvalue weighted by Crippen LogP contribution is -2.32. The molecule has 3 nitrogen and oxygen atoms in total. The van der Waals surface area contributed by atoms with Gasteiger partial charge >= 0.3 is 0 Å². The minimum atomic E-state index is 0.361. The number of hydrogen-bond donors (Lipinski definition) is 1. The first-order valence-corrected chi connectivity index (χ1v) is 6.28. The summed E-state index contributed by atoms with van der Waals surface area (Å²) >= 11 is 0. The number of imidazole rings is 1. The second-order valence-electron chi connectivity index (χ2n) is 4.93. The number of aryl methyl sites for hydroxylation is 1. The Morgan fingerprint density at radius 1 is 1.38 bits per heavy atom. The SMILES string of the molecule is CCCNC(c1nccn1C)C(C)C(C)C. The Labute approximate surface area is 99.3 Å². The van der Waals surface area contributed by atoms with Crippen molar-refractivity contribution in [1.82, 2.24) is 14.9 Å². The normalized spacial score (nSPS) is 15.4. The monoisotopic (exact) mass is 223 g/mol. The van der Waals surface area contributed by atoms with E-state index in [0.29, 0.717) is 17.9 Å². The minimum absolute atomic E-state index is 0.361. The van der Waals surface area contributed by atoms with Gasteiger partial charge in [-0.1, -0.05) is 27.7 Å². The van der Waals surface area contributed by atoms with Crippen molar-refractivity contribution in [3.63, 3.8) is 0 Å². The van der Waals surface area contributed by atoms with Gasteiger partial charge in [0.25, 0.3) is 0 Å². The van der Waals surface area contributed by atoms with Crippen molar-refractivity contribution in [1.29, 1.82) is 0 Å². The van der Waals surface area contributed by atoms with E-state index in [9.17, 15) is 0 Å². The first kappa shape index (κ1) is 13.2. The average Bonchev–Trinajstić information content (AvgIpc) is 2.65. The standard InChI is InChI=1S/C13H25N3/c1-6-7-14-12(11(4)10(2)3)13-15-8-9-16(13)5/h8-12,14H,6-7H2,1-5H3. The highest BCUT2D eigenvalue weighted by Gasteiger charge is 2.24. The number of nitrogens with one attached hydrogen (secondary N) is 1. The van der Waals surface area contributed by atoms with Crippen molar-refractivity contribution in [3.05, 3.63) is 18.2 Å². The van der Waals surface area contributed by atoms with E-state index in [4.69, 9.17) is 0 Å². The Kier molecular flexibility index (Phi) is 5.00. The van der Waals surface area contributed by atoms with E-state index < -0.39 is 0 Å². The van der Waals surface area contributed by atoms with E-state index >= 15 is 0 Å². The maximum atomic E-state index is 4.47. The number of aromatic nitrogens is 2. The number of nitrogens with zero attached hydrogens (tertiary/aromatic N) is 2.